The van der Waals surface area contributed by atoms with E-state index in [-0.39, 0.29) is 4.90 Å². The number of nitrogens with zero attached hydrogens (tertiary/aromatic N) is 2. The summed E-state index contributed by atoms with van der Waals surface area (Å²) >= 11 is 0. The van der Waals surface area contributed by atoms with Gasteiger partial charge in [0.05, 0.1) is 17.4 Å². The molecule has 1 aromatic rings. The number of hydrogen-bond donors (Lipinski definition) is 2. The molecule has 0 saturated heterocycles. The molecule has 4 N–H and O–H groups in total. The number of hydrogen-bond acceptors (Lipinski definition) is 5. The van der Waals surface area contributed by atoms with Crippen LogP contribution in [0.25, 0.3) is 0 Å². The lowest BCUT2D eigenvalue weighted by molar-refractivity contribution is 0.597. The summed E-state index contributed by atoms with van der Waals surface area (Å²) < 4.78 is 22.9. The molecule has 0 bridgehead atoms. The van der Waals surface area contributed by atoms with E-state index in [0.29, 0.717) is 36.8 Å². The summed E-state index contributed by atoms with van der Waals surface area (Å²) in [6.45, 7) is 5.32. The zero-order chi connectivity index (χ0) is 15.3. The Balaban J connectivity index is 3.19. The van der Waals surface area contributed by atoms with Gasteiger partial charge in [-0.15, -0.1) is 0 Å². The largest absolute Gasteiger partial charge is 0.399 e. The maximum absolute atomic E-state index is 11.4. The van der Waals surface area contributed by atoms with Crippen LogP contribution in [0.1, 0.15) is 20.3 Å². The summed E-state index contributed by atoms with van der Waals surface area (Å²) in [6.07, 6.45) is 0.353. The van der Waals surface area contributed by atoms with Gasteiger partial charge in [0.2, 0.25) is 10.0 Å². The molecule has 0 aromatic heterocycles. The van der Waals surface area contributed by atoms with E-state index in [1.807, 2.05) is 18.7 Å². The van der Waals surface area contributed by atoms with Gasteiger partial charge in [0, 0.05) is 24.5 Å². The highest BCUT2D eigenvalue weighted by atomic mass is 32.2. The molecule has 0 aliphatic heterocycles. The molecular weight excluding hydrogens is 276 g/mol. The number of sulfonamides is 1. The Bertz CT molecular complexity index is 605. The first-order chi connectivity index (χ1) is 9.24. The fourth-order valence-corrected chi connectivity index (χ4v) is 2.49. The van der Waals surface area contributed by atoms with Crippen LogP contribution in [0, 0.1) is 17.2 Å². The van der Waals surface area contributed by atoms with Crippen molar-refractivity contribution in [3.63, 3.8) is 0 Å². The third-order valence-corrected chi connectivity index (χ3v) is 3.58. The summed E-state index contributed by atoms with van der Waals surface area (Å²) in [5.41, 5.74) is 6.74. The minimum atomic E-state index is -3.80. The highest BCUT2D eigenvalue weighted by Gasteiger charge is 2.14. The first-order valence-electron chi connectivity index (χ1n) is 6.29. The predicted octanol–water partition coefficient (Wildman–Crippen LogP) is 1.29. The van der Waals surface area contributed by atoms with Gasteiger partial charge in [-0.2, -0.15) is 5.26 Å². The first kappa shape index (κ1) is 16.3. The van der Waals surface area contributed by atoms with Crippen molar-refractivity contribution in [3.8, 4) is 6.07 Å². The molecule has 0 saturated carbocycles. The fraction of sp³-hybridized carbons (Fsp3) is 0.462. The van der Waals surface area contributed by atoms with Gasteiger partial charge in [0.1, 0.15) is 0 Å². The number of nitriles is 1. The minimum Gasteiger partial charge on any atom is -0.399 e. The maximum Gasteiger partial charge on any atom is 0.238 e. The second kappa shape index (κ2) is 6.59. The van der Waals surface area contributed by atoms with Crippen LogP contribution < -0.4 is 15.8 Å². The van der Waals surface area contributed by atoms with E-state index in [9.17, 15) is 8.42 Å². The van der Waals surface area contributed by atoms with Crippen molar-refractivity contribution in [1.29, 1.82) is 5.26 Å². The highest BCUT2D eigenvalue weighted by molar-refractivity contribution is 7.89. The summed E-state index contributed by atoms with van der Waals surface area (Å²) in [5, 5.41) is 13.9. The smallest absolute Gasteiger partial charge is 0.238 e. The van der Waals surface area contributed by atoms with Crippen LogP contribution in [0.5, 0.6) is 0 Å². The summed E-state index contributed by atoms with van der Waals surface area (Å²) in [6, 6.07) is 6.60. The topological polar surface area (TPSA) is 113 Å². The average molecular weight is 296 g/mol. The maximum atomic E-state index is 11.4. The van der Waals surface area contributed by atoms with Crippen molar-refractivity contribution in [1.82, 2.24) is 0 Å². The monoisotopic (exact) mass is 296 g/mol. The Morgan fingerprint density at radius 3 is 2.50 bits per heavy atom. The van der Waals surface area contributed by atoms with Crippen molar-refractivity contribution >= 4 is 21.4 Å². The average Bonchev–Trinajstić information content (AvgIpc) is 2.32. The minimum absolute atomic E-state index is 0.0155. The van der Waals surface area contributed by atoms with Gasteiger partial charge in [0.15, 0.2) is 0 Å². The van der Waals surface area contributed by atoms with E-state index < -0.39 is 10.0 Å². The van der Waals surface area contributed by atoms with Crippen LogP contribution in [0.4, 0.5) is 11.4 Å². The lowest BCUT2D eigenvalue weighted by Crippen LogP contribution is -2.29. The SMILES string of the molecule is CC(C)CN(CCC#N)c1cc(N)cc(S(N)(=O)=O)c1. The Labute approximate surface area is 120 Å². The molecule has 7 heteroatoms. The molecule has 6 nitrogen and oxygen atoms in total. The summed E-state index contributed by atoms with van der Waals surface area (Å²) in [4.78, 5) is 1.93. The highest BCUT2D eigenvalue weighted by Crippen LogP contribution is 2.24. The summed E-state index contributed by atoms with van der Waals surface area (Å²) in [7, 11) is -3.80. The molecule has 0 atom stereocenters. The Morgan fingerprint density at radius 2 is 2.00 bits per heavy atom. The van der Waals surface area contributed by atoms with Gasteiger partial charge >= 0.3 is 0 Å². The van der Waals surface area contributed by atoms with Gasteiger partial charge < -0.3 is 10.6 Å². The zero-order valence-electron chi connectivity index (χ0n) is 11.7. The summed E-state index contributed by atoms with van der Waals surface area (Å²) in [5.74, 6) is 0.369. The molecule has 1 aromatic carbocycles. The zero-order valence-corrected chi connectivity index (χ0v) is 12.5. The van der Waals surface area contributed by atoms with Gasteiger partial charge in [0.25, 0.3) is 0 Å². The molecule has 0 unspecified atom stereocenters. The van der Waals surface area contributed by atoms with Crippen LogP contribution in [-0.4, -0.2) is 21.5 Å². The van der Waals surface area contributed by atoms with E-state index in [1.54, 1.807) is 6.07 Å². The number of nitrogen functional groups attached to an aromatic ring is 1. The lowest BCUT2D eigenvalue weighted by atomic mass is 10.1. The molecule has 0 radical (unpaired) electrons. The van der Waals surface area contributed by atoms with Gasteiger partial charge in [-0.1, -0.05) is 13.8 Å². The number of benzene rings is 1. The number of nitrogens with two attached hydrogens (primary N) is 2. The molecule has 20 heavy (non-hydrogen) atoms. The van der Waals surface area contributed by atoms with Crippen LogP contribution in [0.15, 0.2) is 23.1 Å². The van der Waals surface area contributed by atoms with Crippen LogP contribution >= 0.6 is 0 Å². The number of anilines is 2. The van der Waals surface area contributed by atoms with Gasteiger partial charge in [-0.25, -0.2) is 13.6 Å². The van der Waals surface area contributed by atoms with Gasteiger partial charge in [-0.3, -0.25) is 0 Å². The standard InChI is InChI=1S/C13H20N4O2S/c1-10(2)9-17(5-3-4-14)12-6-11(15)7-13(8-12)20(16,18)19/h6-8,10H,3,5,9,15H2,1-2H3,(H2,16,18,19). The van der Waals surface area contributed by atoms with Crippen LogP contribution in [-0.2, 0) is 10.0 Å². The second-order valence-corrected chi connectivity index (χ2v) is 6.61. The fourth-order valence-electron chi connectivity index (χ4n) is 1.90. The van der Waals surface area contributed by atoms with E-state index in [1.165, 1.54) is 12.1 Å². The third kappa shape index (κ3) is 4.72. The normalized spacial score (nSPS) is 11.3. The molecule has 0 aliphatic carbocycles. The molecule has 0 aliphatic rings. The first-order valence-corrected chi connectivity index (χ1v) is 7.84. The van der Waals surface area contributed by atoms with E-state index in [2.05, 4.69) is 6.07 Å². The number of primary sulfonamides is 1. The van der Waals surface area contributed by atoms with E-state index >= 15 is 0 Å². The Kier molecular flexibility index (Phi) is 5.36. The van der Waals surface area contributed by atoms with Crippen LogP contribution in [0.3, 0.4) is 0 Å². The molecular formula is C13H20N4O2S. The molecule has 110 valence electrons. The number of rotatable bonds is 6. The van der Waals surface area contributed by atoms with Crippen LogP contribution in [0.2, 0.25) is 0 Å². The lowest BCUT2D eigenvalue weighted by Gasteiger charge is -2.26. The molecule has 1 rings (SSSR count). The Hall–Kier alpha value is -1.78. The van der Waals surface area contributed by atoms with Crippen molar-refractivity contribution in [3.05, 3.63) is 18.2 Å². The molecule has 0 heterocycles. The second-order valence-electron chi connectivity index (χ2n) is 5.05. The van der Waals surface area contributed by atoms with Crippen molar-refractivity contribution < 1.29 is 8.42 Å². The molecule has 0 fully saturated rings. The molecule has 0 amide bonds. The van der Waals surface area contributed by atoms with Crippen molar-refractivity contribution in [2.24, 2.45) is 11.1 Å². The third-order valence-electron chi connectivity index (χ3n) is 2.69. The van der Waals surface area contributed by atoms with Gasteiger partial charge in [-0.05, 0) is 24.1 Å². The van der Waals surface area contributed by atoms with Crippen molar-refractivity contribution in [2.75, 3.05) is 23.7 Å². The van der Waals surface area contributed by atoms with E-state index in [0.717, 1.165) is 0 Å². The quantitative estimate of drug-likeness (QED) is 0.768. The Morgan fingerprint density at radius 1 is 1.35 bits per heavy atom. The van der Waals surface area contributed by atoms with Crippen molar-refractivity contribution in [2.45, 2.75) is 25.2 Å². The van der Waals surface area contributed by atoms with E-state index in [4.69, 9.17) is 16.1 Å². The predicted molar refractivity (Wildman–Crippen MR) is 79.5 cm³/mol. The molecule has 0 spiro atoms.